The number of hydrogen-bond acceptors (Lipinski definition) is 3. The number of rotatable bonds is 3. The van der Waals surface area contributed by atoms with Crippen LogP contribution in [-0.4, -0.2) is 19.1 Å². The van der Waals surface area contributed by atoms with Crippen molar-refractivity contribution < 1.29 is 9.53 Å². The molecule has 0 atom stereocenters. The third kappa shape index (κ3) is 3.01. The summed E-state index contributed by atoms with van der Waals surface area (Å²) in [6.07, 6.45) is 5.81. The number of methoxy groups -OCH3 is 1. The lowest BCUT2D eigenvalue weighted by Crippen LogP contribution is -2.35. The molecule has 1 heterocycles. The largest absolute Gasteiger partial charge is 0.497 e. The number of nitrogens with one attached hydrogen (secondary N) is 1. The zero-order chi connectivity index (χ0) is 14.8. The molecule has 3 rings (SSSR count). The van der Waals surface area contributed by atoms with Crippen LogP contribution in [0.2, 0.25) is 5.02 Å². The van der Waals surface area contributed by atoms with Crippen LogP contribution in [0, 0.1) is 0 Å². The molecule has 0 saturated heterocycles. The van der Waals surface area contributed by atoms with Crippen molar-refractivity contribution in [3.8, 4) is 5.75 Å². The summed E-state index contributed by atoms with van der Waals surface area (Å²) in [6, 6.07) is 5.99. The molecule has 1 fully saturated rings. The number of hydrogen-bond donors (Lipinski definition) is 1. The van der Waals surface area contributed by atoms with Gasteiger partial charge in [-0.3, -0.25) is 4.79 Å². The fraction of sp³-hybridized carbons (Fsp3) is 0.438. The van der Waals surface area contributed by atoms with Crippen LogP contribution in [0.1, 0.15) is 41.8 Å². The highest BCUT2D eigenvalue weighted by molar-refractivity contribution is 7.21. The number of benzene rings is 1. The summed E-state index contributed by atoms with van der Waals surface area (Å²) < 4.78 is 6.20. The molecule has 2 aromatic rings. The van der Waals surface area contributed by atoms with Gasteiger partial charge in [-0.2, -0.15) is 0 Å². The molecule has 5 heteroatoms. The standard InChI is InChI=1S/C16H18ClNO2S/c1-20-11-7-8-12-13(9-11)21-15(14(12)17)16(19)18-10-5-3-2-4-6-10/h7-10H,2-6H2,1H3,(H,18,19). The molecule has 0 spiro atoms. The van der Waals surface area contributed by atoms with Crippen LogP contribution in [0.3, 0.4) is 0 Å². The van der Waals surface area contributed by atoms with E-state index in [1.165, 1.54) is 30.6 Å². The first-order valence-electron chi connectivity index (χ1n) is 7.26. The Labute approximate surface area is 133 Å². The number of thiophene rings is 1. The number of amides is 1. The summed E-state index contributed by atoms with van der Waals surface area (Å²) in [4.78, 5) is 13.0. The quantitative estimate of drug-likeness (QED) is 0.894. The lowest BCUT2D eigenvalue weighted by Gasteiger charge is -2.22. The molecule has 0 aliphatic heterocycles. The van der Waals surface area contributed by atoms with Gasteiger partial charge in [0.25, 0.3) is 5.91 Å². The smallest absolute Gasteiger partial charge is 0.263 e. The average Bonchev–Trinajstić information content (AvgIpc) is 2.85. The summed E-state index contributed by atoms with van der Waals surface area (Å²) in [7, 11) is 1.63. The molecular formula is C16H18ClNO2S. The molecule has 3 nitrogen and oxygen atoms in total. The van der Waals surface area contributed by atoms with E-state index in [-0.39, 0.29) is 5.91 Å². The van der Waals surface area contributed by atoms with E-state index in [4.69, 9.17) is 16.3 Å². The molecule has 0 radical (unpaired) electrons. The van der Waals surface area contributed by atoms with Crippen molar-refractivity contribution in [2.45, 2.75) is 38.1 Å². The Morgan fingerprint density at radius 2 is 2.10 bits per heavy atom. The van der Waals surface area contributed by atoms with E-state index in [0.717, 1.165) is 28.7 Å². The molecule has 1 aliphatic rings. The van der Waals surface area contributed by atoms with Crippen LogP contribution >= 0.6 is 22.9 Å². The predicted octanol–water partition coefficient (Wildman–Crippen LogP) is 4.63. The second kappa shape index (κ2) is 6.24. The van der Waals surface area contributed by atoms with Crippen molar-refractivity contribution in [1.29, 1.82) is 0 Å². The van der Waals surface area contributed by atoms with Crippen LogP contribution in [0.25, 0.3) is 10.1 Å². The van der Waals surface area contributed by atoms with Crippen molar-refractivity contribution in [3.05, 3.63) is 28.1 Å². The van der Waals surface area contributed by atoms with Crippen LogP contribution < -0.4 is 10.1 Å². The van der Waals surface area contributed by atoms with Gasteiger partial charge in [0, 0.05) is 16.1 Å². The summed E-state index contributed by atoms with van der Waals surface area (Å²) in [5.41, 5.74) is 0. The molecule has 0 bridgehead atoms. The highest BCUT2D eigenvalue weighted by atomic mass is 35.5. The van der Waals surface area contributed by atoms with Gasteiger partial charge in [0.05, 0.1) is 12.1 Å². The molecule has 1 saturated carbocycles. The molecule has 21 heavy (non-hydrogen) atoms. The highest BCUT2D eigenvalue weighted by Crippen LogP contribution is 2.37. The van der Waals surface area contributed by atoms with Gasteiger partial charge in [-0.05, 0) is 31.0 Å². The minimum atomic E-state index is -0.0490. The van der Waals surface area contributed by atoms with Crippen molar-refractivity contribution in [3.63, 3.8) is 0 Å². The Kier molecular flexibility index (Phi) is 4.36. The topological polar surface area (TPSA) is 38.3 Å². The van der Waals surface area contributed by atoms with Gasteiger partial charge in [0.1, 0.15) is 10.6 Å². The van der Waals surface area contributed by atoms with Crippen molar-refractivity contribution in [2.75, 3.05) is 7.11 Å². The number of carbonyl (C=O) groups excluding carboxylic acids is 1. The summed E-state index contributed by atoms with van der Waals surface area (Å²) >= 11 is 7.80. The van der Waals surface area contributed by atoms with E-state index in [9.17, 15) is 4.79 Å². The van der Waals surface area contributed by atoms with Crippen molar-refractivity contribution in [1.82, 2.24) is 5.32 Å². The van der Waals surface area contributed by atoms with Gasteiger partial charge >= 0.3 is 0 Å². The van der Waals surface area contributed by atoms with Crippen LogP contribution in [0.15, 0.2) is 18.2 Å². The second-order valence-corrected chi connectivity index (χ2v) is 6.85. The molecular weight excluding hydrogens is 306 g/mol. The third-order valence-electron chi connectivity index (χ3n) is 3.98. The zero-order valence-corrected chi connectivity index (χ0v) is 13.5. The van der Waals surface area contributed by atoms with E-state index in [1.807, 2.05) is 18.2 Å². The molecule has 112 valence electrons. The van der Waals surface area contributed by atoms with E-state index < -0.39 is 0 Å². The van der Waals surface area contributed by atoms with E-state index >= 15 is 0 Å². The Morgan fingerprint density at radius 1 is 1.33 bits per heavy atom. The molecule has 0 unspecified atom stereocenters. The minimum absolute atomic E-state index is 0.0490. The van der Waals surface area contributed by atoms with Gasteiger partial charge in [-0.1, -0.05) is 30.9 Å². The fourth-order valence-electron chi connectivity index (χ4n) is 2.82. The molecule has 1 aromatic carbocycles. The van der Waals surface area contributed by atoms with E-state index in [0.29, 0.717) is 15.9 Å². The fourth-order valence-corrected chi connectivity index (χ4v) is 4.26. The van der Waals surface area contributed by atoms with Gasteiger partial charge in [-0.15, -0.1) is 11.3 Å². The molecule has 1 aromatic heterocycles. The molecule has 1 aliphatic carbocycles. The maximum atomic E-state index is 12.4. The Balaban J connectivity index is 1.85. The maximum absolute atomic E-state index is 12.4. The van der Waals surface area contributed by atoms with Crippen LogP contribution in [-0.2, 0) is 0 Å². The minimum Gasteiger partial charge on any atom is -0.497 e. The maximum Gasteiger partial charge on any atom is 0.263 e. The van der Waals surface area contributed by atoms with E-state index in [2.05, 4.69) is 5.32 Å². The first-order valence-corrected chi connectivity index (χ1v) is 8.45. The zero-order valence-electron chi connectivity index (χ0n) is 11.9. The van der Waals surface area contributed by atoms with E-state index in [1.54, 1.807) is 7.11 Å². The van der Waals surface area contributed by atoms with Gasteiger partial charge in [0.15, 0.2) is 0 Å². The van der Waals surface area contributed by atoms with Gasteiger partial charge < -0.3 is 10.1 Å². The first kappa shape index (κ1) is 14.7. The summed E-state index contributed by atoms with van der Waals surface area (Å²) in [5.74, 6) is 0.728. The number of fused-ring (bicyclic) bond motifs is 1. The lowest BCUT2D eigenvalue weighted by molar-refractivity contribution is 0.0932. The number of carbonyl (C=O) groups is 1. The second-order valence-electron chi connectivity index (χ2n) is 5.42. The lowest BCUT2D eigenvalue weighted by atomic mass is 9.95. The van der Waals surface area contributed by atoms with Crippen molar-refractivity contribution in [2.24, 2.45) is 0 Å². The average molecular weight is 324 g/mol. The third-order valence-corrected chi connectivity index (χ3v) is 5.64. The molecule has 1 amide bonds. The molecule has 1 N–H and O–H groups in total. The highest BCUT2D eigenvalue weighted by Gasteiger charge is 2.21. The summed E-state index contributed by atoms with van der Waals surface area (Å²) in [6.45, 7) is 0. The normalized spacial score (nSPS) is 16.1. The monoisotopic (exact) mass is 323 g/mol. The Morgan fingerprint density at radius 3 is 2.81 bits per heavy atom. The number of ether oxygens (including phenoxy) is 1. The van der Waals surface area contributed by atoms with Gasteiger partial charge in [0.2, 0.25) is 0 Å². The first-order chi connectivity index (χ1) is 10.2. The van der Waals surface area contributed by atoms with Crippen molar-refractivity contribution >= 4 is 38.9 Å². The summed E-state index contributed by atoms with van der Waals surface area (Å²) in [5, 5.41) is 4.58. The number of halogens is 1. The van der Waals surface area contributed by atoms with Gasteiger partial charge in [-0.25, -0.2) is 0 Å². The van der Waals surface area contributed by atoms with Crippen LogP contribution in [0.4, 0.5) is 0 Å². The SMILES string of the molecule is COc1ccc2c(Cl)c(C(=O)NC3CCCCC3)sc2c1. The Hall–Kier alpha value is -1.26. The predicted molar refractivity (Wildman–Crippen MR) is 87.7 cm³/mol. The Bertz CT molecular complexity index is 662. The van der Waals surface area contributed by atoms with Crippen LogP contribution in [0.5, 0.6) is 5.75 Å².